The molecule has 0 atom stereocenters. The second-order valence-electron chi connectivity index (χ2n) is 15.1. The van der Waals surface area contributed by atoms with Crippen molar-refractivity contribution < 1.29 is 17.1 Å². The number of para-hydroxylation sites is 1. The van der Waals surface area contributed by atoms with Crippen molar-refractivity contribution in [3.8, 4) is 78.7 Å². The zero-order chi connectivity index (χ0) is 46.2. The van der Waals surface area contributed by atoms with E-state index in [0.717, 1.165) is 49.7 Å². The average Bonchev–Trinajstić information content (AvgIpc) is 3.98. The highest BCUT2D eigenvalue weighted by Crippen LogP contribution is 2.40. The Hall–Kier alpha value is -8.41. The third-order valence-electron chi connectivity index (χ3n) is 11.2. The van der Waals surface area contributed by atoms with Crippen LogP contribution in [0.4, 0.5) is 0 Å². The molecule has 0 amide bonds. The van der Waals surface area contributed by atoms with E-state index in [4.69, 9.17) is 26.5 Å². The van der Waals surface area contributed by atoms with Gasteiger partial charge in [0.25, 0.3) is 0 Å². The van der Waals surface area contributed by atoms with Gasteiger partial charge in [0.15, 0.2) is 17.5 Å². The van der Waals surface area contributed by atoms with Gasteiger partial charge in [-0.25, -0.2) is 15.0 Å². The number of rotatable bonds is 7. The molecule has 0 fully saturated rings. The summed E-state index contributed by atoms with van der Waals surface area (Å²) in [5, 5.41) is 2.20. The van der Waals surface area contributed by atoms with Gasteiger partial charge in [-0.2, -0.15) is 0 Å². The van der Waals surface area contributed by atoms with E-state index in [2.05, 4.69) is 6.07 Å². The van der Waals surface area contributed by atoms with Crippen LogP contribution < -0.4 is 0 Å². The predicted octanol–water partition coefficient (Wildman–Crippen LogP) is 15.3. The Labute approximate surface area is 365 Å². The monoisotopic (exact) mass is 799 g/mol. The highest BCUT2D eigenvalue weighted by molar-refractivity contribution is 6.13. The number of hydrogen-bond donors (Lipinski definition) is 0. The third-order valence-corrected chi connectivity index (χ3v) is 11.2. The maximum Gasteiger partial charge on any atom is 0.164 e. The highest BCUT2D eigenvalue weighted by Gasteiger charge is 2.19. The van der Waals surface area contributed by atoms with Crippen molar-refractivity contribution in [1.82, 2.24) is 15.0 Å². The topological polar surface area (TPSA) is 65.0 Å². The van der Waals surface area contributed by atoms with Gasteiger partial charge in [-0.3, -0.25) is 0 Å². The van der Waals surface area contributed by atoms with Crippen LogP contribution in [0.2, 0.25) is 0 Å². The van der Waals surface area contributed by atoms with Crippen molar-refractivity contribution in [3.05, 3.63) is 212 Å². The lowest BCUT2D eigenvalue weighted by Gasteiger charge is -2.12. The molecule has 0 N–H and O–H groups in total. The Bertz CT molecular complexity index is 3930. The highest BCUT2D eigenvalue weighted by atomic mass is 16.3. The largest absolute Gasteiger partial charge is 0.456 e. The fraction of sp³-hybridized carbons (Fsp3) is 0. The molecule has 5 nitrogen and oxygen atoms in total. The van der Waals surface area contributed by atoms with E-state index in [-0.39, 0.29) is 86.8 Å². The molecule has 3 heterocycles. The summed E-state index contributed by atoms with van der Waals surface area (Å²) in [6, 6.07) is 55.2. The minimum Gasteiger partial charge on any atom is -0.456 e. The van der Waals surface area contributed by atoms with Gasteiger partial charge >= 0.3 is 0 Å². The van der Waals surface area contributed by atoms with E-state index in [0.29, 0.717) is 22.3 Å². The Kier molecular flexibility index (Phi) is 7.05. The fourth-order valence-corrected chi connectivity index (χ4v) is 8.22. The van der Waals surface area contributed by atoms with E-state index in [1.165, 1.54) is 0 Å². The summed E-state index contributed by atoms with van der Waals surface area (Å²) in [6.45, 7) is 0. The molecule has 0 saturated carbocycles. The van der Waals surface area contributed by atoms with Crippen molar-refractivity contribution >= 4 is 43.9 Å². The number of nitrogens with zero attached hydrogens (tertiary/aromatic N) is 3. The van der Waals surface area contributed by atoms with Crippen LogP contribution in [0.3, 0.4) is 0 Å². The summed E-state index contributed by atoms with van der Waals surface area (Å²) in [6.07, 6.45) is 0. The third kappa shape index (κ3) is 6.32. The number of aromatic nitrogens is 3. The van der Waals surface area contributed by atoms with Gasteiger partial charge in [-0.15, -0.1) is 0 Å². The summed E-state index contributed by atoms with van der Waals surface area (Å²) < 4.78 is 68.8. The van der Waals surface area contributed by atoms with Crippen molar-refractivity contribution in [1.29, 1.82) is 0 Å². The van der Waals surface area contributed by atoms with Gasteiger partial charge in [-0.1, -0.05) is 152 Å². The van der Waals surface area contributed by atoms with Crippen LogP contribution in [0.1, 0.15) is 8.22 Å². The van der Waals surface area contributed by atoms with Crippen LogP contribution >= 0.6 is 0 Å². The molecule has 9 aromatic carbocycles. The SMILES string of the molecule is [2H]c1c([2H])c(-c2cccc(-c3ccccc3)c2)c2c(oc3c([2H])c(-c4nc(-c5cc(-c6ccccc6)cc(-c6ccccc6)c5)nc(-c5ccc6c(c5)oc5ccccc56)n4)c([2H])c([2H])c32)c1[2H]. The maximum atomic E-state index is 9.79. The molecule has 0 unspecified atom stereocenters. The molecule has 0 saturated heterocycles. The number of furan rings is 2. The molecule has 0 radical (unpaired) electrons. The van der Waals surface area contributed by atoms with E-state index in [9.17, 15) is 5.48 Å². The Morgan fingerprint density at radius 1 is 0.323 bits per heavy atom. The molecule has 290 valence electrons. The van der Waals surface area contributed by atoms with E-state index < -0.39 is 0 Å². The van der Waals surface area contributed by atoms with Crippen LogP contribution in [0, 0.1) is 0 Å². The first-order chi connectivity index (χ1) is 33.2. The molecule has 12 aromatic rings. The average molecular weight is 800 g/mol. The van der Waals surface area contributed by atoms with E-state index in [1.54, 1.807) is 0 Å². The predicted molar refractivity (Wildman–Crippen MR) is 252 cm³/mol. The normalized spacial score (nSPS) is 12.9. The van der Waals surface area contributed by atoms with Crippen molar-refractivity contribution in [2.24, 2.45) is 0 Å². The Morgan fingerprint density at radius 2 is 0.871 bits per heavy atom. The zero-order valence-electron chi connectivity index (χ0n) is 38.9. The van der Waals surface area contributed by atoms with Gasteiger partial charge < -0.3 is 8.83 Å². The van der Waals surface area contributed by atoms with Gasteiger partial charge in [0, 0.05) is 38.2 Å². The lowest BCUT2D eigenvalue weighted by molar-refractivity contribution is 0.668. The molecule has 0 aliphatic carbocycles. The van der Waals surface area contributed by atoms with Crippen LogP contribution in [0.25, 0.3) is 123 Å². The molecule has 12 rings (SSSR count). The first kappa shape index (κ1) is 29.7. The quantitative estimate of drug-likeness (QED) is 0.161. The number of hydrogen-bond acceptors (Lipinski definition) is 5. The van der Waals surface area contributed by atoms with Crippen LogP contribution in [-0.4, -0.2) is 15.0 Å². The van der Waals surface area contributed by atoms with Crippen molar-refractivity contribution in [2.45, 2.75) is 0 Å². The molecule has 0 aliphatic rings. The van der Waals surface area contributed by atoms with Crippen molar-refractivity contribution in [3.63, 3.8) is 0 Å². The second kappa shape index (κ2) is 14.7. The molecular formula is C57H35N3O2. The Morgan fingerprint density at radius 3 is 1.60 bits per heavy atom. The lowest BCUT2D eigenvalue weighted by Crippen LogP contribution is -2.00. The fourth-order valence-electron chi connectivity index (χ4n) is 8.22. The molecule has 0 aliphatic heterocycles. The van der Waals surface area contributed by atoms with Crippen LogP contribution in [0.15, 0.2) is 221 Å². The Balaban J connectivity index is 1.11. The summed E-state index contributed by atoms with van der Waals surface area (Å²) in [5.74, 6) is 0.489. The summed E-state index contributed by atoms with van der Waals surface area (Å²) in [4.78, 5) is 15.1. The van der Waals surface area contributed by atoms with Crippen LogP contribution in [0.5, 0.6) is 0 Å². The summed E-state index contributed by atoms with van der Waals surface area (Å²) in [5.41, 5.74) is 8.88. The van der Waals surface area contributed by atoms with Gasteiger partial charge in [0.2, 0.25) is 0 Å². The van der Waals surface area contributed by atoms with Crippen molar-refractivity contribution in [2.75, 3.05) is 0 Å². The molecule has 62 heavy (non-hydrogen) atoms. The minimum atomic E-state index is -0.359. The zero-order valence-corrected chi connectivity index (χ0v) is 32.9. The molecular weight excluding hydrogens is 759 g/mol. The molecule has 0 spiro atoms. The first-order valence-electron chi connectivity index (χ1n) is 23.3. The smallest absolute Gasteiger partial charge is 0.164 e. The lowest BCUT2D eigenvalue weighted by atomic mass is 9.95. The molecule has 5 heteroatoms. The van der Waals surface area contributed by atoms with E-state index >= 15 is 0 Å². The first-order valence-corrected chi connectivity index (χ1v) is 20.3. The summed E-state index contributed by atoms with van der Waals surface area (Å²) >= 11 is 0. The van der Waals surface area contributed by atoms with Gasteiger partial charge in [-0.05, 0) is 105 Å². The standard InChI is InChI=1S/C57H35N3O2/c1-4-14-36(15-5-1)39-20-12-21-40(30-39)46-23-13-25-51-54(46)49-29-27-42(35-53(49)62-51)56-58-55(41-26-28-48-47-22-10-11-24-50(47)61-52(48)34-41)59-57(60-56)45-32-43(37-16-6-2-7-17-37)31-44(33-45)38-18-8-3-9-19-38/h1-35H/i13D,23D,25D,27D,29D,35D. The van der Waals surface area contributed by atoms with Gasteiger partial charge in [0.05, 0.1) is 8.22 Å². The summed E-state index contributed by atoms with van der Waals surface area (Å²) in [7, 11) is 0. The maximum absolute atomic E-state index is 9.79. The number of fused-ring (bicyclic) bond motifs is 6. The minimum absolute atomic E-state index is 0.0313. The number of benzene rings is 9. The van der Waals surface area contributed by atoms with Gasteiger partial charge in [0.1, 0.15) is 22.3 Å². The molecule has 3 aromatic heterocycles. The molecule has 0 bridgehead atoms. The van der Waals surface area contributed by atoms with Crippen LogP contribution in [-0.2, 0) is 0 Å². The van der Waals surface area contributed by atoms with E-state index in [1.807, 2.05) is 170 Å². The second-order valence-corrected chi connectivity index (χ2v) is 15.1.